The minimum atomic E-state index is -0.880. The molecule has 0 saturated heterocycles. The SMILES string of the molecule is O=C1c2ccc3c4c(ccc(c24)C(=O)N1C1CCCCC1)C(=O)N(N1C(=O)c2cccc4cccc(c24)C1=O)C3=O. The molecule has 3 heterocycles. The number of carbonyl (C=O) groups excluding carboxylic acids is 6. The van der Waals surface area contributed by atoms with E-state index >= 15 is 0 Å². The van der Waals surface area contributed by atoms with Crippen LogP contribution in [0.4, 0.5) is 0 Å². The van der Waals surface area contributed by atoms with Gasteiger partial charge in [0.15, 0.2) is 0 Å². The summed E-state index contributed by atoms with van der Waals surface area (Å²) in [7, 11) is 0. The third kappa shape index (κ3) is 2.95. The molecule has 6 amide bonds. The maximum atomic E-state index is 13.9. The van der Waals surface area contributed by atoms with E-state index in [0.29, 0.717) is 20.8 Å². The molecule has 4 aliphatic rings. The number of benzene rings is 4. The van der Waals surface area contributed by atoms with Crippen molar-refractivity contribution in [3.63, 3.8) is 0 Å². The quantitative estimate of drug-likeness (QED) is 0.338. The van der Waals surface area contributed by atoms with Crippen LogP contribution in [0.3, 0.4) is 0 Å². The molecular weight excluding hydrogens is 522 g/mol. The van der Waals surface area contributed by atoms with Crippen molar-refractivity contribution in [2.75, 3.05) is 0 Å². The van der Waals surface area contributed by atoms with Crippen molar-refractivity contribution in [3.05, 3.63) is 94.0 Å². The van der Waals surface area contributed by atoms with E-state index in [1.807, 2.05) is 0 Å². The maximum Gasteiger partial charge on any atom is 0.281 e. The molecule has 1 saturated carbocycles. The van der Waals surface area contributed by atoms with Gasteiger partial charge in [-0.15, -0.1) is 0 Å². The van der Waals surface area contributed by atoms with Crippen molar-refractivity contribution < 1.29 is 28.8 Å². The van der Waals surface area contributed by atoms with Gasteiger partial charge in [-0.2, -0.15) is 10.0 Å². The minimum absolute atomic E-state index is 0.0320. The Bertz CT molecular complexity index is 1850. The normalized spacial score (nSPS) is 18.8. The highest BCUT2D eigenvalue weighted by molar-refractivity contribution is 6.35. The lowest BCUT2D eigenvalue weighted by Crippen LogP contribution is -2.58. The van der Waals surface area contributed by atoms with Gasteiger partial charge < -0.3 is 0 Å². The minimum Gasteiger partial charge on any atom is -0.271 e. The number of carbonyl (C=O) groups is 6. The highest BCUT2D eigenvalue weighted by atomic mass is 16.2. The Morgan fingerprint density at radius 2 is 0.829 bits per heavy atom. The second-order valence-corrected chi connectivity index (χ2v) is 10.9. The summed E-state index contributed by atoms with van der Waals surface area (Å²) in [6, 6.07) is 15.7. The van der Waals surface area contributed by atoms with Crippen LogP contribution in [-0.2, 0) is 0 Å². The maximum absolute atomic E-state index is 13.9. The Hall–Kier alpha value is -5.18. The van der Waals surface area contributed by atoms with Gasteiger partial charge in [-0.3, -0.25) is 33.7 Å². The van der Waals surface area contributed by atoms with Crippen molar-refractivity contribution in [2.45, 2.75) is 38.1 Å². The lowest BCUT2D eigenvalue weighted by Gasteiger charge is -2.38. The smallest absolute Gasteiger partial charge is 0.271 e. The summed E-state index contributed by atoms with van der Waals surface area (Å²) in [5, 5.41) is 2.80. The summed E-state index contributed by atoms with van der Waals surface area (Å²) < 4.78 is 0. The summed E-state index contributed by atoms with van der Waals surface area (Å²) in [5.41, 5.74) is 0.979. The number of amides is 6. The molecular formula is C32H21N3O6. The fourth-order valence-corrected chi connectivity index (χ4v) is 6.93. The summed E-state index contributed by atoms with van der Waals surface area (Å²) in [6.07, 6.45) is 4.43. The number of nitrogens with zero attached hydrogens (tertiary/aromatic N) is 3. The van der Waals surface area contributed by atoms with Gasteiger partial charge in [0.25, 0.3) is 35.4 Å². The molecule has 1 aliphatic carbocycles. The summed E-state index contributed by atoms with van der Waals surface area (Å²) >= 11 is 0. The van der Waals surface area contributed by atoms with Gasteiger partial charge in [0.1, 0.15) is 0 Å². The predicted molar refractivity (Wildman–Crippen MR) is 146 cm³/mol. The predicted octanol–water partition coefficient (Wildman–Crippen LogP) is 4.73. The van der Waals surface area contributed by atoms with E-state index in [2.05, 4.69) is 0 Å². The summed E-state index contributed by atoms with van der Waals surface area (Å²) in [6.45, 7) is 0. The van der Waals surface area contributed by atoms with E-state index in [1.165, 1.54) is 29.2 Å². The zero-order valence-electron chi connectivity index (χ0n) is 21.7. The molecule has 8 rings (SSSR count). The molecule has 4 aromatic carbocycles. The van der Waals surface area contributed by atoms with Crippen LogP contribution in [0.2, 0.25) is 0 Å². The van der Waals surface area contributed by atoms with E-state index in [0.717, 1.165) is 32.1 Å². The molecule has 0 aromatic heterocycles. The second-order valence-electron chi connectivity index (χ2n) is 10.9. The monoisotopic (exact) mass is 543 g/mol. The standard InChI is InChI=1S/C32H21N3O6/c36-27-20-12-14-22-26-23(15-13-21(25(20)26)28(37)33(27)17-8-2-1-3-9-17)32(41)35(31(22)40)34-29(38)18-10-4-6-16-7-5-11-19(24(16)18)30(34)39/h4-7,10-15,17H,1-3,8-9H2. The molecule has 0 atom stereocenters. The Labute approximate surface area is 232 Å². The van der Waals surface area contributed by atoms with Crippen molar-refractivity contribution in [1.82, 2.24) is 14.9 Å². The fourth-order valence-electron chi connectivity index (χ4n) is 6.93. The first-order valence-electron chi connectivity index (χ1n) is 13.7. The fraction of sp³-hybridized carbons (Fsp3) is 0.188. The van der Waals surface area contributed by atoms with Crippen LogP contribution in [0.5, 0.6) is 0 Å². The van der Waals surface area contributed by atoms with Crippen LogP contribution in [0.15, 0.2) is 60.7 Å². The van der Waals surface area contributed by atoms with Gasteiger partial charge in [-0.05, 0) is 54.6 Å². The number of hydrogen-bond donors (Lipinski definition) is 0. The molecule has 1 fully saturated rings. The van der Waals surface area contributed by atoms with Crippen LogP contribution in [0.25, 0.3) is 21.5 Å². The molecule has 0 N–H and O–H groups in total. The largest absolute Gasteiger partial charge is 0.281 e. The molecule has 0 unspecified atom stereocenters. The van der Waals surface area contributed by atoms with E-state index in [4.69, 9.17) is 0 Å². The Kier molecular flexibility index (Phi) is 4.72. The molecule has 0 spiro atoms. The van der Waals surface area contributed by atoms with Crippen LogP contribution in [0.1, 0.15) is 94.3 Å². The third-order valence-electron chi connectivity index (χ3n) is 8.79. The molecule has 4 aromatic rings. The van der Waals surface area contributed by atoms with E-state index < -0.39 is 35.4 Å². The third-order valence-corrected chi connectivity index (χ3v) is 8.79. The Morgan fingerprint density at radius 1 is 0.439 bits per heavy atom. The van der Waals surface area contributed by atoms with Crippen molar-refractivity contribution in [2.24, 2.45) is 0 Å². The first-order chi connectivity index (χ1) is 19.9. The molecule has 200 valence electrons. The zero-order chi connectivity index (χ0) is 28.2. The lowest BCUT2D eigenvalue weighted by molar-refractivity contribution is 0.00211. The molecule has 0 bridgehead atoms. The average molecular weight is 544 g/mol. The molecule has 9 nitrogen and oxygen atoms in total. The van der Waals surface area contributed by atoms with Crippen molar-refractivity contribution >= 4 is 57.0 Å². The summed E-state index contributed by atoms with van der Waals surface area (Å²) in [4.78, 5) is 83.8. The van der Waals surface area contributed by atoms with Gasteiger partial charge in [-0.1, -0.05) is 43.5 Å². The van der Waals surface area contributed by atoms with Gasteiger partial charge in [0, 0.05) is 33.3 Å². The zero-order valence-corrected chi connectivity index (χ0v) is 21.7. The van der Waals surface area contributed by atoms with Crippen LogP contribution < -0.4 is 0 Å². The van der Waals surface area contributed by atoms with E-state index in [1.54, 1.807) is 36.4 Å². The number of imide groups is 3. The van der Waals surface area contributed by atoms with Crippen LogP contribution in [-0.4, -0.2) is 56.4 Å². The van der Waals surface area contributed by atoms with Gasteiger partial charge in [-0.25, -0.2) is 0 Å². The Balaban J connectivity index is 1.27. The Morgan fingerprint density at radius 3 is 1.27 bits per heavy atom. The first kappa shape index (κ1) is 23.7. The van der Waals surface area contributed by atoms with Crippen molar-refractivity contribution in [3.8, 4) is 0 Å². The number of hydrazine groups is 1. The number of rotatable bonds is 2. The molecule has 41 heavy (non-hydrogen) atoms. The summed E-state index contributed by atoms with van der Waals surface area (Å²) in [5.74, 6) is -4.21. The van der Waals surface area contributed by atoms with Gasteiger partial charge >= 0.3 is 0 Å². The van der Waals surface area contributed by atoms with E-state index in [9.17, 15) is 28.8 Å². The van der Waals surface area contributed by atoms with E-state index in [-0.39, 0.29) is 50.2 Å². The topological polar surface area (TPSA) is 112 Å². The highest BCUT2D eigenvalue weighted by Crippen LogP contribution is 2.41. The van der Waals surface area contributed by atoms with Gasteiger partial charge in [0.2, 0.25) is 0 Å². The average Bonchev–Trinajstić information content (AvgIpc) is 2.99. The first-order valence-corrected chi connectivity index (χ1v) is 13.7. The molecule has 0 radical (unpaired) electrons. The highest BCUT2D eigenvalue weighted by Gasteiger charge is 2.47. The van der Waals surface area contributed by atoms with Crippen LogP contribution in [0, 0.1) is 0 Å². The van der Waals surface area contributed by atoms with Gasteiger partial charge in [0.05, 0.1) is 22.3 Å². The lowest BCUT2D eigenvalue weighted by atomic mass is 9.84. The van der Waals surface area contributed by atoms with Crippen molar-refractivity contribution in [1.29, 1.82) is 0 Å². The molecule has 3 aliphatic heterocycles. The number of hydrogen-bond acceptors (Lipinski definition) is 6. The second kappa shape index (κ2) is 8.17. The van der Waals surface area contributed by atoms with Crippen LogP contribution >= 0.6 is 0 Å². The molecule has 9 heteroatoms.